The topological polar surface area (TPSA) is 79.6 Å². The summed E-state index contributed by atoms with van der Waals surface area (Å²) in [5.41, 5.74) is 0.420. The minimum absolute atomic E-state index is 0.118. The number of rotatable bonds is 7. The lowest BCUT2D eigenvalue weighted by Gasteiger charge is -2.21. The normalized spacial score (nSPS) is 11.4. The molecule has 1 amide bonds. The molecule has 1 N–H and O–H groups in total. The van der Waals surface area contributed by atoms with Crippen LogP contribution in [0.1, 0.15) is 21.0 Å². The van der Waals surface area contributed by atoms with Crippen LogP contribution in [-0.2, 0) is 23.1 Å². The highest BCUT2D eigenvalue weighted by atomic mass is 32.2. The van der Waals surface area contributed by atoms with Gasteiger partial charge in [0.15, 0.2) is 0 Å². The van der Waals surface area contributed by atoms with E-state index in [9.17, 15) is 13.2 Å². The molecule has 0 radical (unpaired) electrons. The summed E-state index contributed by atoms with van der Waals surface area (Å²) in [6.45, 7) is 0.786. The van der Waals surface area contributed by atoms with Crippen molar-refractivity contribution < 1.29 is 17.6 Å². The summed E-state index contributed by atoms with van der Waals surface area (Å²) in [4.78, 5) is 15.8. The maximum absolute atomic E-state index is 13.0. The number of carbonyl (C=O) groups is 1. The highest BCUT2D eigenvalue weighted by molar-refractivity contribution is 7.89. The molecular weight excluding hydrogens is 372 g/mol. The third-order valence-electron chi connectivity index (χ3n) is 3.82. The maximum atomic E-state index is 13.0. The Morgan fingerprint density at radius 2 is 1.88 bits per heavy atom. The Morgan fingerprint density at radius 1 is 1.12 bits per heavy atom. The van der Waals surface area contributed by atoms with Crippen LogP contribution in [0.3, 0.4) is 0 Å². The molecule has 26 heavy (non-hydrogen) atoms. The van der Waals surface area contributed by atoms with Crippen LogP contribution in [0.4, 0.5) is 0 Å². The van der Waals surface area contributed by atoms with Gasteiger partial charge in [0.2, 0.25) is 10.0 Å². The average molecular weight is 390 g/mol. The van der Waals surface area contributed by atoms with Crippen molar-refractivity contribution in [1.29, 1.82) is 0 Å². The lowest BCUT2D eigenvalue weighted by molar-refractivity contribution is 0.0719. The van der Waals surface area contributed by atoms with E-state index in [1.54, 1.807) is 28.6 Å². The Kier molecular flexibility index (Phi) is 5.55. The predicted octanol–water partition coefficient (Wildman–Crippen LogP) is 3.09. The fourth-order valence-electron chi connectivity index (χ4n) is 2.46. The van der Waals surface area contributed by atoms with Gasteiger partial charge < -0.3 is 9.32 Å². The van der Waals surface area contributed by atoms with Crippen molar-refractivity contribution in [2.75, 3.05) is 7.05 Å². The summed E-state index contributed by atoms with van der Waals surface area (Å²) in [6.07, 6.45) is 1.57. The van der Waals surface area contributed by atoms with Crippen LogP contribution in [0.2, 0.25) is 0 Å². The second kappa shape index (κ2) is 7.86. The molecule has 2 heterocycles. The number of hydrogen-bond acceptors (Lipinski definition) is 5. The Labute approximate surface area is 156 Å². The van der Waals surface area contributed by atoms with Gasteiger partial charge in [-0.15, -0.1) is 11.3 Å². The second-order valence-electron chi connectivity index (χ2n) is 5.55. The molecule has 0 aliphatic rings. The van der Waals surface area contributed by atoms with E-state index in [2.05, 4.69) is 4.72 Å². The van der Waals surface area contributed by atoms with Gasteiger partial charge in [-0.05, 0) is 54.9 Å². The maximum Gasteiger partial charge on any atom is 0.254 e. The highest BCUT2D eigenvalue weighted by Crippen LogP contribution is 2.18. The molecule has 8 heteroatoms. The first-order valence-corrected chi connectivity index (χ1v) is 10.2. The van der Waals surface area contributed by atoms with Gasteiger partial charge in [0.25, 0.3) is 5.91 Å². The van der Waals surface area contributed by atoms with Crippen LogP contribution in [0, 0.1) is 0 Å². The first-order chi connectivity index (χ1) is 12.5. The number of nitrogens with zero attached hydrogens (tertiary/aromatic N) is 1. The number of benzene rings is 1. The fourth-order valence-corrected chi connectivity index (χ4v) is 3.91. The Balaban J connectivity index is 1.84. The zero-order valence-corrected chi connectivity index (χ0v) is 15.7. The zero-order valence-electron chi connectivity index (χ0n) is 14.1. The molecule has 0 saturated heterocycles. The summed E-state index contributed by atoms with van der Waals surface area (Å²) in [5.74, 6) is 0.493. The van der Waals surface area contributed by atoms with Crippen LogP contribution in [0.5, 0.6) is 0 Å². The van der Waals surface area contributed by atoms with Crippen molar-refractivity contribution >= 4 is 27.3 Å². The van der Waals surface area contributed by atoms with Crippen LogP contribution < -0.4 is 4.72 Å². The molecule has 0 fully saturated rings. The number of furan rings is 1. The molecule has 3 aromatic rings. The van der Waals surface area contributed by atoms with E-state index in [0.717, 1.165) is 4.88 Å². The monoisotopic (exact) mass is 390 g/mol. The molecule has 2 aromatic heterocycles. The van der Waals surface area contributed by atoms with E-state index in [4.69, 9.17) is 4.42 Å². The molecular formula is C18H18N2O4S2. The van der Waals surface area contributed by atoms with Gasteiger partial charge in [-0.2, -0.15) is 0 Å². The summed E-state index contributed by atoms with van der Waals surface area (Å²) in [5, 5.41) is 1.96. The van der Waals surface area contributed by atoms with E-state index in [-0.39, 0.29) is 10.8 Å². The van der Waals surface area contributed by atoms with E-state index in [0.29, 0.717) is 24.4 Å². The number of nitrogens with one attached hydrogen (secondary N) is 1. The first-order valence-electron chi connectivity index (χ1n) is 7.87. The molecule has 0 aliphatic heterocycles. The van der Waals surface area contributed by atoms with Crippen molar-refractivity contribution in [2.24, 2.45) is 0 Å². The molecule has 136 valence electrons. The molecule has 3 rings (SSSR count). The molecule has 1 aromatic carbocycles. The molecule has 0 atom stereocenters. The van der Waals surface area contributed by atoms with Crippen molar-refractivity contribution in [3.05, 3.63) is 76.4 Å². The van der Waals surface area contributed by atoms with Gasteiger partial charge in [-0.25, -0.2) is 13.1 Å². The van der Waals surface area contributed by atoms with Crippen LogP contribution >= 0.6 is 11.3 Å². The van der Waals surface area contributed by atoms with Gasteiger partial charge >= 0.3 is 0 Å². The minimum Gasteiger partial charge on any atom is -0.467 e. The quantitative estimate of drug-likeness (QED) is 0.672. The van der Waals surface area contributed by atoms with Crippen molar-refractivity contribution in [3.63, 3.8) is 0 Å². The van der Waals surface area contributed by atoms with Gasteiger partial charge in [-0.1, -0.05) is 6.07 Å². The van der Waals surface area contributed by atoms with E-state index >= 15 is 0 Å². The Morgan fingerprint density at radius 3 is 2.46 bits per heavy atom. The Bertz CT molecular complexity index is 911. The highest BCUT2D eigenvalue weighted by Gasteiger charge is 2.19. The predicted molar refractivity (Wildman–Crippen MR) is 99.3 cm³/mol. The van der Waals surface area contributed by atoms with Crippen molar-refractivity contribution in [3.8, 4) is 0 Å². The van der Waals surface area contributed by atoms with Gasteiger partial charge in [0.05, 0.1) is 24.2 Å². The van der Waals surface area contributed by atoms with Crippen LogP contribution in [0.25, 0.3) is 0 Å². The number of sulfonamides is 1. The SMILES string of the molecule is CNS(=O)(=O)c1ccc(C(=O)N(Cc2ccco2)Cc2cccs2)cc1. The average Bonchev–Trinajstić information content (AvgIpc) is 3.35. The van der Waals surface area contributed by atoms with E-state index < -0.39 is 10.0 Å². The third kappa shape index (κ3) is 4.21. The molecule has 0 unspecified atom stereocenters. The number of carbonyl (C=O) groups excluding carboxylic acids is 1. The lowest BCUT2D eigenvalue weighted by Crippen LogP contribution is -2.29. The standard InChI is InChI=1S/C18H18N2O4S2/c1-19-26(22,23)17-8-6-14(7-9-17)18(21)20(12-15-4-2-10-24-15)13-16-5-3-11-25-16/h2-11,19H,12-13H2,1H3. The minimum atomic E-state index is -3.53. The zero-order chi connectivity index (χ0) is 18.6. The van der Waals surface area contributed by atoms with Crippen molar-refractivity contribution in [1.82, 2.24) is 9.62 Å². The molecule has 0 bridgehead atoms. The number of thiophene rings is 1. The molecule has 0 aliphatic carbocycles. The molecule has 0 saturated carbocycles. The third-order valence-corrected chi connectivity index (χ3v) is 6.11. The van der Waals surface area contributed by atoms with E-state index in [1.165, 1.54) is 31.3 Å². The Hall–Kier alpha value is -2.42. The number of amides is 1. The summed E-state index contributed by atoms with van der Waals surface area (Å²) < 4.78 is 31.3. The van der Waals surface area contributed by atoms with Crippen molar-refractivity contribution in [2.45, 2.75) is 18.0 Å². The smallest absolute Gasteiger partial charge is 0.254 e. The second-order valence-corrected chi connectivity index (χ2v) is 8.47. The van der Waals surface area contributed by atoms with Gasteiger partial charge in [0, 0.05) is 10.4 Å². The summed E-state index contributed by atoms with van der Waals surface area (Å²) >= 11 is 1.57. The summed E-state index contributed by atoms with van der Waals surface area (Å²) in [6, 6.07) is 13.4. The van der Waals surface area contributed by atoms with Gasteiger partial charge in [0.1, 0.15) is 5.76 Å². The van der Waals surface area contributed by atoms with Gasteiger partial charge in [-0.3, -0.25) is 4.79 Å². The van der Waals surface area contributed by atoms with Crippen LogP contribution in [-0.4, -0.2) is 26.3 Å². The summed E-state index contributed by atoms with van der Waals surface area (Å²) in [7, 11) is -2.18. The van der Waals surface area contributed by atoms with Crippen LogP contribution in [0.15, 0.2) is 69.5 Å². The fraction of sp³-hybridized carbons (Fsp3) is 0.167. The van der Waals surface area contributed by atoms with E-state index in [1.807, 2.05) is 23.6 Å². The molecule has 6 nitrogen and oxygen atoms in total. The first kappa shape index (κ1) is 18.4. The number of hydrogen-bond donors (Lipinski definition) is 1. The molecule has 0 spiro atoms. The largest absolute Gasteiger partial charge is 0.467 e. The lowest BCUT2D eigenvalue weighted by atomic mass is 10.2.